The summed E-state index contributed by atoms with van der Waals surface area (Å²) in [7, 11) is 0. The summed E-state index contributed by atoms with van der Waals surface area (Å²) in [6.07, 6.45) is 0. The predicted octanol–water partition coefficient (Wildman–Crippen LogP) is 13.1. The summed E-state index contributed by atoms with van der Waals surface area (Å²) >= 11 is 0. The van der Waals surface area contributed by atoms with Gasteiger partial charge in [-0.2, -0.15) is 0 Å². The molecule has 0 atom stereocenters. The zero-order valence-corrected chi connectivity index (χ0v) is 29.2. The number of hydrogen-bond acceptors (Lipinski definition) is 5. The van der Waals surface area contributed by atoms with Crippen LogP contribution in [0.5, 0.6) is 0 Å². The van der Waals surface area contributed by atoms with Crippen molar-refractivity contribution in [2.75, 3.05) is 4.90 Å². The molecule has 0 aliphatic rings. The third kappa shape index (κ3) is 5.65. The smallest absolute Gasteiger partial charge is 0.164 e. The lowest BCUT2D eigenvalue weighted by molar-refractivity contribution is 0.669. The van der Waals surface area contributed by atoms with Gasteiger partial charge in [0.05, 0.1) is 5.69 Å². The summed E-state index contributed by atoms with van der Waals surface area (Å²) in [5.41, 5.74) is 9.67. The molecular weight excluding hydrogens is 661 g/mol. The SMILES string of the molecule is c1ccc(-c2ccc(N(c3ccccc3)c3c4ccccc4cc4c3oc3cc(-c5nc(-c6ccccc6)nc(-c6ccccc6)n5)ccc34)cc2)cc1. The van der Waals surface area contributed by atoms with Crippen LogP contribution in [0.1, 0.15) is 0 Å². The van der Waals surface area contributed by atoms with Crippen LogP contribution < -0.4 is 4.90 Å². The molecule has 0 bridgehead atoms. The van der Waals surface area contributed by atoms with Crippen molar-refractivity contribution in [3.8, 4) is 45.3 Å². The van der Waals surface area contributed by atoms with Crippen molar-refractivity contribution in [2.45, 2.75) is 0 Å². The van der Waals surface area contributed by atoms with Gasteiger partial charge in [-0.25, -0.2) is 15.0 Å². The normalized spacial score (nSPS) is 11.3. The van der Waals surface area contributed by atoms with Crippen molar-refractivity contribution < 1.29 is 4.42 Å². The van der Waals surface area contributed by atoms with Crippen molar-refractivity contribution in [2.24, 2.45) is 0 Å². The van der Waals surface area contributed by atoms with Crippen molar-refractivity contribution in [1.29, 1.82) is 0 Å². The molecule has 0 amide bonds. The van der Waals surface area contributed by atoms with Gasteiger partial charge in [-0.05, 0) is 59.0 Å². The van der Waals surface area contributed by atoms with Gasteiger partial charge in [-0.15, -0.1) is 0 Å². The fourth-order valence-electron chi connectivity index (χ4n) is 7.27. The molecule has 0 aliphatic carbocycles. The Morgan fingerprint density at radius 3 is 1.46 bits per heavy atom. The highest BCUT2D eigenvalue weighted by Crippen LogP contribution is 2.47. The minimum Gasteiger partial charge on any atom is -0.454 e. The van der Waals surface area contributed by atoms with Gasteiger partial charge >= 0.3 is 0 Å². The Kier molecular flexibility index (Phi) is 7.73. The highest BCUT2D eigenvalue weighted by atomic mass is 16.3. The average molecular weight is 693 g/mol. The molecule has 0 radical (unpaired) electrons. The van der Waals surface area contributed by atoms with Gasteiger partial charge in [0.1, 0.15) is 5.58 Å². The zero-order valence-electron chi connectivity index (χ0n) is 29.2. The number of nitrogens with zero attached hydrogens (tertiary/aromatic N) is 4. The van der Waals surface area contributed by atoms with Crippen molar-refractivity contribution in [3.05, 3.63) is 194 Å². The summed E-state index contributed by atoms with van der Waals surface area (Å²) in [5, 5.41) is 4.29. The van der Waals surface area contributed by atoms with Crippen LogP contribution in [-0.4, -0.2) is 15.0 Å². The molecule has 0 saturated carbocycles. The average Bonchev–Trinajstić information content (AvgIpc) is 3.62. The second kappa shape index (κ2) is 13.3. The van der Waals surface area contributed by atoms with Gasteiger partial charge < -0.3 is 9.32 Å². The first-order valence-corrected chi connectivity index (χ1v) is 18.0. The molecule has 5 heteroatoms. The largest absolute Gasteiger partial charge is 0.454 e. The third-order valence-electron chi connectivity index (χ3n) is 9.89. The van der Waals surface area contributed by atoms with E-state index in [0.717, 1.165) is 72.0 Å². The molecule has 254 valence electrons. The number of furan rings is 1. The molecule has 2 aromatic heterocycles. The van der Waals surface area contributed by atoms with Gasteiger partial charge in [0.15, 0.2) is 23.1 Å². The molecule has 0 fully saturated rings. The van der Waals surface area contributed by atoms with E-state index < -0.39 is 0 Å². The van der Waals surface area contributed by atoms with E-state index in [0.29, 0.717) is 17.5 Å². The third-order valence-corrected chi connectivity index (χ3v) is 9.89. The molecule has 0 N–H and O–H groups in total. The summed E-state index contributed by atoms with van der Waals surface area (Å²) in [5.74, 6) is 1.82. The maximum Gasteiger partial charge on any atom is 0.164 e. The minimum atomic E-state index is 0.583. The molecule has 0 saturated heterocycles. The molecule has 10 aromatic rings. The lowest BCUT2D eigenvalue weighted by Crippen LogP contribution is -2.10. The Hall–Kier alpha value is -7.37. The van der Waals surface area contributed by atoms with Crippen LogP contribution in [0.2, 0.25) is 0 Å². The molecule has 5 nitrogen and oxygen atoms in total. The van der Waals surface area contributed by atoms with Crippen LogP contribution in [0.25, 0.3) is 78.0 Å². The molecule has 8 aromatic carbocycles. The first-order valence-electron chi connectivity index (χ1n) is 18.0. The van der Waals surface area contributed by atoms with Crippen LogP contribution in [0.3, 0.4) is 0 Å². The summed E-state index contributed by atoms with van der Waals surface area (Å²) in [4.78, 5) is 17.2. The van der Waals surface area contributed by atoms with Crippen LogP contribution in [0.15, 0.2) is 199 Å². The van der Waals surface area contributed by atoms with Gasteiger partial charge in [0.25, 0.3) is 0 Å². The van der Waals surface area contributed by atoms with Crippen LogP contribution >= 0.6 is 0 Å². The molecule has 2 heterocycles. The Balaban J connectivity index is 1.17. The topological polar surface area (TPSA) is 55.1 Å². The predicted molar refractivity (Wildman–Crippen MR) is 221 cm³/mol. The highest BCUT2D eigenvalue weighted by molar-refractivity contribution is 6.19. The number of para-hydroxylation sites is 1. The van der Waals surface area contributed by atoms with Gasteiger partial charge in [0, 0.05) is 44.2 Å². The minimum absolute atomic E-state index is 0.583. The summed E-state index contributed by atoms with van der Waals surface area (Å²) in [6.45, 7) is 0. The molecule has 54 heavy (non-hydrogen) atoms. The van der Waals surface area contributed by atoms with E-state index in [4.69, 9.17) is 19.4 Å². The van der Waals surface area contributed by atoms with Crippen LogP contribution in [0, 0.1) is 0 Å². The van der Waals surface area contributed by atoms with E-state index >= 15 is 0 Å². The first-order chi connectivity index (χ1) is 26.8. The fraction of sp³-hybridized carbons (Fsp3) is 0. The van der Waals surface area contributed by atoms with Gasteiger partial charge in [-0.1, -0.05) is 152 Å². The Bertz CT molecular complexity index is 2850. The Morgan fingerprint density at radius 2 is 0.833 bits per heavy atom. The van der Waals surface area contributed by atoms with E-state index in [9.17, 15) is 0 Å². The Morgan fingerprint density at radius 1 is 0.352 bits per heavy atom. The van der Waals surface area contributed by atoms with E-state index in [1.807, 2.05) is 66.7 Å². The molecule has 0 unspecified atom stereocenters. The Labute approximate surface area is 312 Å². The number of rotatable bonds is 7. The van der Waals surface area contributed by atoms with Gasteiger partial charge in [0.2, 0.25) is 0 Å². The fourth-order valence-corrected chi connectivity index (χ4v) is 7.27. The lowest BCUT2D eigenvalue weighted by Gasteiger charge is -2.27. The van der Waals surface area contributed by atoms with Gasteiger partial charge in [-0.3, -0.25) is 0 Å². The van der Waals surface area contributed by atoms with Crippen molar-refractivity contribution in [3.63, 3.8) is 0 Å². The second-order valence-corrected chi connectivity index (χ2v) is 13.3. The zero-order chi connectivity index (χ0) is 35.8. The molecule has 0 spiro atoms. The number of benzene rings is 8. The monoisotopic (exact) mass is 692 g/mol. The first kappa shape index (κ1) is 31.4. The van der Waals surface area contributed by atoms with E-state index in [-0.39, 0.29) is 0 Å². The molecular formula is C49H32N4O. The standard InChI is InChI=1S/C49H32N4O/c1-5-15-33(16-6-1)34-25-28-40(29-26-34)53(39-22-11-4-12-23-39)45-41-24-14-13-21-37(41)31-43-42-30-27-38(32-44(42)54-46(43)45)49-51-47(35-17-7-2-8-18-35)50-48(52-49)36-19-9-3-10-20-36/h1-32H. The number of anilines is 3. The maximum atomic E-state index is 6.99. The quantitative estimate of drug-likeness (QED) is 0.166. The second-order valence-electron chi connectivity index (χ2n) is 13.3. The number of fused-ring (bicyclic) bond motifs is 4. The van der Waals surface area contributed by atoms with Crippen molar-refractivity contribution >= 4 is 49.8 Å². The van der Waals surface area contributed by atoms with E-state index in [1.165, 1.54) is 5.56 Å². The van der Waals surface area contributed by atoms with Crippen LogP contribution in [0.4, 0.5) is 17.1 Å². The highest BCUT2D eigenvalue weighted by Gasteiger charge is 2.23. The van der Waals surface area contributed by atoms with E-state index in [2.05, 4.69) is 132 Å². The summed E-state index contributed by atoms with van der Waals surface area (Å²) < 4.78 is 6.99. The summed E-state index contributed by atoms with van der Waals surface area (Å²) in [6, 6.07) is 66.9. The molecule has 10 rings (SSSR count). The number of hydrogen-bond donors (Lipinski definition) is 0. The molecule has 0 aliphatic heterocycles. The van der Waals surface area contributed by atoms with E-state index in [1.54, 1.807) is 0 Å². The van der Waals surface area contributed by atoms with Crippen molar-refractivity contribution in [1.82, 2.24) is 15.0 Å². The lowest BCUT2D eigenvalue weighted by atomic mass is 10.0. The number of aromatic nitrogens is 3. The van der Waals surface area contributed by atoms with Crippen LogP contribution in [-0.2, 0) is 0 Å². The maximum absolute atomic E-state index is 6.99.